The zero-order valence-electron chi connectivity index (χ0n) is 8.60. The SMILES string of the molecule is CC(=O)[C@@](C)(Cl)C(=O)OC(C)(C)C. The second-order valence-electron chi connectivity index (χ2n) is 4.06. The van der Waals surface area contributed by atoms with Crippen LogP contribution in [0, 0.1) is 0 Å². The van der Waals surface area contributed by atoms with E-state index >= 15 is 0 Å². The summed E-state index contributed by atoms with van der Waals surface area (Å²) in [5.74, 6) is -1.11. The van der Waals surface area contributed by atoms with Crippen LogP contribution in [-0.4, -0.2) is 22.2 Å². The van der Waals surface area contributed by atoms with Crippen molar-refractivity contribution < 1.29 is 14.3 Å². The van der Waals surface area contributed by atoms with Gasteiger partial charge in [-0.2, -0.15) is 0 Å². The Labute approximate surface area is 83.4 Å². The van der Waals surface area contributed by atoms with E-state index in [0.29, 0.717) is 0 Å². The van der Waals surface area contributed by atoms with Crippen LogP contribution in [0.2, 0.25) is 0 Å². The molecule has 0 amide bonds. The first-order chi connectivity index (χ1) is 5.57. The molecule has 0 N–H and O–H groups in total. The van der Waals surface area contributed by atoms with E-state index in [9.17, 15) is 9.59 Å². The fourth-order valence-corrected chi connectivity index (χ4v) is 0.556. The van der Waals surface area contributed by atoms with Crippen LogP contribution in [0.3, 0.4) is 0 Å². The summed E-state index contributed by atoms with van der Waals surface area (Å²) in [5, 5.41) is 0. The second-order valence-corrected chi connectivity index (χ2v) is 4.82. The monoisotopic (exact) mass is 206 g/mol. The molecule has 0 rings (SSSR count). The maximum Gasteiger partial charge on any atom is 0.335 e. The van der Waals surface area contributed by atoms with Gasteiger partial charge in [0, 0.05) is 0 Å². The van der Waals surface area contributed by atoms with Gasteiger partial charge in [0.1, 0.15) is 5.60 Å². The quantitative estimate of drug-likeness (QED) is 0.394. The van der Waals surface area contributed by atoms with Crippen molar-refractivity contribution in [3.63, 3.8) is 0 Å². The largest absolute Gasteiger partial charge is 0.458 e. The average molecular weight is 207 g/mol. The summed E-state index contributed by atoms with van der Waals surface area (Å²) < 4.78 is 4.97. The zero-order chi connectivity index (χ0) is 10.9. The molecule has 13 heavy (non-hydrogen) atoms. The van der Waals surface area contributed by atoms with Crippen LogP contribution in [0.25, 0.3) is 0 Å². The first-order valence-electron chi connectivity index (χ1n) is 4.01. The van der Waals surface area contributed by atoms with Gasteiger partial charge < -0.3 is 4.74 Å². The van der Waals surface area contributed by atoms with Crippen molar-refractivity contribution in [3.05, 3.63) is 0 Å². The van der Waals surface area contributed by atoms with Crippen LogP contribution in [0.1, 0.15) is 34.6 Å². The molecule has 0 saturated heterocycles. The van der Waals surface area contributed by atoms with Gasteiger partial charge >= 0.3 is 5.97 Å². The minimum absolute atomic E-state index is 0.414. The lowest BCUT2D eigenvalue weighted by Gasteiger charge is -2.25. The highest BCUT2D eigenvalue weighted by atomic mass is 35.5. The number of hydrogen-bond donors (Lipinski definition) is 0. The Kier molecular flexibility index (Phi) is 3.50. The Morgan fingerprint density at radius 1 is 1.15 bits per heavy atom. The lowest BCUT2D eigenvalue weighted by atomic mass is 10.1. The molecule has 0 radical (unpaired) electrons. The van der Waals surface area contributed by atoms with Crippen molar-refractivity contribution in [1.29, 1.82) is 0 Å². The number of halogens is 1. The number of carbonyl (C=O) groups is 2. The minimum atomic E-state index is -1.56. The second kappa shape index (κ2) is 3.66. The van der Waals surface area contributed by atoms with E-state index in [4.69, 9.17) is 16.3 Å². The van der Waals surface area contributed by atoms with E-state index in [0.717, 1.165) is 0 Å². The summed E-state index contributed by atoms with van der Waals surface area (Å²) in [4.78, 5) is 20.7. The average Bonchev–Trinajstić information content (AvgIpc) is 1.82. The predicted molar refractivity (Wildman–Crippen MR) is 50.8 cm³/mol. The first kappa shape index (κ1) is 12.4. The molecule has 0 fully saturated rings. The van der Waals surface area contributed by atoms with Gasteiger partial charge in [0.05, 0.1) is 0 Å². The molecule has 0 aromatic carbocycles. The van der Waals surface area contributed by atoms with E-state index in [-0.39, 0.29) is 0 Å². The fraction of sp³-hybridized carbons (Fsp3) is 0.778. The molecule has 0 heterocycles. The summed E-state index contributed by atoms with van der Waals surface area (Å²) >= 11 is 5.70. The van der Waals surface area contributed by atoms with Crippen LogP contribution >= 0.6 is 11.6 Å². The maximum absolute atomic E-state index is 11.3. The normalized spacial score (nSPS) is 16.2. The number of ether oxygens (including phenoxy) is 1. The van der Waals surface area contributed by atoms with E-state index in [2.05, 4.69) is 0 Å². The molecule has 0 saturated carbocycles. The van der Waals surface area contributed by atoms with E-state index in [1.165, 1.54) is 13.8 Å². The third-order valence-electron chi connectivity index (χ3n) is 1.44. The minimum Gasteiger partial charge on any atom is -0.458 e. The van der Waals surface area contributed by atoms with Gasteiger partial charge in [0.2, 0.25) is 0 Å². The number of alkyl halides is 1. The number of hydrogen-bond acceptors (Lipinski definition) is 3. The Morgan fingerprint density at radius 2 is 1.54 bits per heavy atom. The number of carbonyl (C=O) groups excluding carboxylic acids is 2. The molecule has 0 spiro atoms. The molecular formula is C9H15ClO3. The molecule has 0 bridgehead atoms. The number of ketones is 1. The van der Waals surface area contributed by atoms with Crippen molar-refractivity contribution in [2.75, 3.05) is 0 Å². The standard InChI is InChI=1S/C9H15ClO3/c1-6(11)9(5,10)7(12)13-8(2,3)4/h1-5H3/t9-/m1/s1. The predicted octanol–water partition coefficient (Wildman–Crippen LogP) is 1.91. The molecule has 4 heteroatoms. The Bertz CT molecular complexity index is 226. The number of esters is 1. The van der Waals surface area contributed by atoms with Gasteiger partial charge in [0.25, 0.3) is 0 Å². The summed E-state index contributed by atoms with van der Waals surface area (Å²) in [6.07, 6.45) is 0. The highest BCUT2D eigenvalue weighted by Gasteiger charge is 2.39. The van der Waals surface area contributed by atoms with Crippen LogP contribution < -0.4 is 0 Å². The van der Waals surface area contributed by atoms with Gasteiger partial charge in [-0.05, 0) is 34.6 Å². The molecule has 0 unspecified atom stereocenters. The number of rotatable bonds is 2. The topological polar surface area (TPSA) is 43.4 Å². The molecule has 0 aliphatic heterocycles. The van der Waals surface area contributed by atoms with Gasteiger partial charge in [-0.25, -0.2) is 4.79 Å². The number of Topliss-reactive ketones (excluding diaryl/α,β-unsaturated/α-hetero) is 1. The van der Waals surface area contributed by atoms with E-state index in [1.807, 2.05) is 0 Å². The lowest BCUT2D eigenvalue weighted by Crippen LogP contribution is -2.41. The van der Waals surface area contributed by atoms with Crippen molar-refractivity contribution in [3.8, 4) is 0 Å². The summed E-state index contributed by atoms with van der Waals surface area (Å²) in [5.41, 5.74) is -0.622. The molecule has 3 nitrogen and oxygen atoms in total. The molecule has 1 atom stereocenters. The van der Waals surface area contributed by atoms with E-state index < -0.39 is 22.2 Å². The van der Waals surface area contributed by atoms with Crippen molar-refractivity contribution in [1.82, 2.24) is 0 Å². The van der Waals surface area contributed by atoms with Crippen molar-refractivity contribution in [2.24, 2.45) is 0 Å². The molecule has 0 aromatic rings. The fourth-order valence-electron chi connectivity index (χ4n) is 0.518. The summed E-state index contributed by atoms with van der Waals surface area (Å²) in [7, 11) is 0. The third-order valence-corrected chi connectivity index (χ3v) is 1.86. The highest BCUT2D eigenvalue weighted by Crippen LogP contribution is 2.21. The molecule has 0 aliphatic rings. The van der Waals surface area contributed by atoms with Crippen LogP contribution in [0.5, 0.6) is 0 Å². The first-order valence-corrected chi connectivity index (χ1v) is 4.38. The molecule has 76 valence electrons. The Balaban J connectivity index is 4.53. The highest BCUT2D eigenvalue weighted by molar-refractivity contribution is 6.45. The maximum atomic E-state index is 11.3. The summed E-state index contributed by atoms with van der Waals surface area (Å²) in [6, 6.07) is 0. The lowest BCUT2D eigenvalue weighted by molar-refractivity contribution is -0.159. The van der Waals surface area contributed by atoms with Crippen LogP contribution in [0.15, 0.2) is 0 Å². The summed E-state index contributed by atoms with van der Waals surface area (Å²) in [6.45, 7) is 7.76. The van der Waals surface area contributed by atoms with Crippen molar-refractivity contribution in [2.45, 2.75) is 45.1 Å². The molecule has 0 aliphatic carbocycles. The van der Waals surface area contributed by atoms with Gasteiger partial charge in [0.15, 0.2) is 10.7 Å². The Morgan fingerprint density at radius 3 is 1.77 bits per heavy atom. The van der Waals surface area contributed by atoms with E-state index in [1.54, 1.807) is 20.8 Å². The molecular weight excluding hydrogens is 192 g/mol. The third kappa shape index (κ3) is 3.77. The van der Waals surface area contributed by atoms with Crippen LogP contribution in [0.4, 0.5) is 0 Å². The van der Waals surface area contributed by atoms with Crippen molar-refractivity contribution >= 4 is 23.4 Å². The van der Waals surface area contributed by atoms with Crippen LogP contribution in [-0.2, 0) is 14.3 Å². The van der Waals surface area contributed by atoms with Gasteiger partial charge in [-0.3, -0.25) is 4.79 Å². The Hall–Kier alpha value is -0.570. The smallest absolute Gasteiger partial charge is 0.335 e. The zero-order valence-corrected chi connectivity index (χ0v) is 9.36. The van der Waals surface area contributed by atoms with Gasteiger partial charge in [-0.1, -0.05) is 11.6 Å². The van der Waals surface area contributed by atoms with Gasteiger partial charge in [-0.15, -0.1) is 0 Å². The molecule has 0 aromatic heterocycles.